The summed E-state index contributed by atoms with van der Waals surface area (Å²) in [6.45, 7) is 0.696. The fourth-order valence-corrected chi connectivity index (χ4v) is 1.82. The average Bonchev–Trinajstić information content (AvgIpc) is 2.45. The highest BCUT2D eigenvalue weighted by molar-refractivity contribution is 5.75. The van der Waals surface area contributed by atoms with Crippen LogP contribution in [0.2, 0.25) is 0 Å². The lowest BCUT2D eigenvalue weighted by atomic mass is 10.0. The van der Waals surface area contributed by atoms with Crippen LogP contribution < -0.4 is 11.1 Å². The molecule has 3 nitrogen and oxygen atoms in total. The Hall–Kier alpha value is -1.79. The average molecular weight is 258 g/mol. The van der Waals surface area contributed by atoms with E-state index in [4.69, 9.17) is 12.2 Å². The van der Waals surface area contributed by atoms with Crippen molar-refractivity contribution < 1.29 is 4.79 Å². The number of nitrogens with two attached hydrogens (primary N) is 1. The summed E-state index contributed by atoms with van der Waals surface area (Å²) in [5, 5.41) is 2.89. The van der Waals surface area contributed by atoms with E-state index in [0.29, 0.717) is 19.4 Å². The molecule has 1 atom stereocenters. The Balaban J connectivity index is 2.15. The number of terminal acetylenes is 1. The van der Waals surface area contributed by atoms with Crippen LogP contribution in [0, 0.1) is 12.3 Å². The predicted molar refractivity (Wildman–Crippen MR) is 78.3 cm³/mol. The van der Waals surface area contributed by atoms with E-state index in [1.165, 1.54) is 0 Å². The summed E-state index contributed by atoms with van der Waals surface area (Å²) in [5.74, 6) is 2.65. The molecule has 1 unspecified atom stereocenters. The van der Waals surface area contributed by atoms with Gasteiger partial charge in [-0.15, -0.1) is 12.3 Å². The first-order valence-electron chi connectivity index (χ1n) is 6.74. The first-order valence-corrected chi connectivity index (χ1v) is 6.74. The SMILES string of the molecule is C#CCCCCNC(=O)CCC(N)c1ccccc1. The molecule has 102 valence electrons. The summed E-state index contributed by atoms with van der Waals surface area (Å²) >= 11 is 0. The molecule has 3 N–H and O–H groups in total. The van der Waals surface area contributed by atoms with E-state index in [1.54, 1.807) is 0 Å². The Morgan fingerprint density at radius 3 is 2.74 bits per heavy atom. The molecular formula is C16H22N2O. The summed E-state index contributed by atoms with van der Waals surface area (Å²) < 4.78 is 0. The number of carbonyl (C=O) groups is 1. The maximum absolute atomic E-state index is 11.6. The molecule has 0 bridgehead atoms. The topological polar surface area (TPSA) is 55.1 Å². The van der Waals surface area contributed by atoms with Gasteiger partial charge < -0.3 is 11.1 Å². The number of amides is 1. The fraction of sp³-hybridized carbons (Fsp3) is 0.438. The van der Waals surface area contributed by atoms with Gasteiger partial charge in [-0.25, -0.2) is 0 Å². The van der Waals surface area contributed by atoms with Gasteiger partial charge in [-0.1, -0.05) is 30.3 Å². The Morgan fingerprint density at radius 2 is 2.05 bits per heavy atom. The molecule has 0 saturated heterocycles. The van der Waals surface area contributed by atoms with E-state index >= 15 is 0 Å². The van der Waals surface area contributed by atoms with Gasteiger partial charge in [0, 0.05) is 25.4 Å². The summed E-state index contributed by atoms with van der Waals surface area (Å²) in [5.41, 5.74) is 7.11. The van der Waals surface area contributed by atoms with Gasteiger partial charge in [0.15, 0.2) is 0 Å². The third-order valence-electron chi connectivity index (χ3n) is 2.98. The van der Waals surface area contributed by atoms with Gasteiger partial charge in [-0.3, -0.25) is 4.79 Å². The fourth-order valence-electron chi connectivity index (χ4n) is 1.82. The van der Waals surface area contributed by atoms with Crippen LogP contribution in [0.1, 0.15) is 43.7 Å². The zero-order valence-corrected chi connectivity index (χ0v) is 11.3. The zero-order chi connectivity index (χ0) is 13.9. The Morgan fingerprint density at radius 1 is 1.32 bits per heavy atom. The molecule has 0 spiro atoms. The van der Waals surface area contributed by atoms with Crippen molar-refractivity contribution in [2.75, 3.05) is 6.54 Å². The number of nitrogens with one attached hydrogen (secondary N) is 1. The van der Waals surface area contributed by atoms with Crippen molar-refractivity contribution in [2.24, 2.45) is 5.73 Å². The van der Waals surface area contributed by atoms with Gasteiger partial charge in [-0.2, -0.15) is 0 Å². The largest absolute Gasteiger partial charge is 0.356 e. The predicted octanol–water partition coefficient (Wildman–Crippen LogP) is 2.39. The van der Waals surface area contributed by atoms with Crippen molar-refractivity contribution in [1.29, 1.82) is 0 Å². The molecule has 1 rings (SSSR count). The van der Waals surface area contributed by atoms with Crippen LogP contribution in [0.4, 0.5) is 0 Å². The maximum Gasteiger partial charge on any atom is 0.220 e. The van der Waals surface area contributed by atoms with Crippen molar-refractivity contribution >= 4 is 5.91 Å². The van der Waals surface area contributed by atoms with Crippen LogP contribution in [0.5, 0.6) is 0 Å². The second-order valence-corrected chi connectivity index (χ2v) is 4.57. The molecule has 0 aliphatic carbocycles. The first-order chi connectivity index (χ1) is 9.24. The van der Waals surface area contributed by atoms with E-state index in [0.717, 1.165) is 24.8 Å². The number of carbonyl (C=O) groups excluding carboxylic acids is 1. The summed E-state index contributed by atoms with van der Waals surface area (Å²) in [6, 6.07) is 9.78. The van der Waals surface area contributed by atoms with Crippen molar-refractivity contribution in [3.05, 3.63) is 35.9 Å². The van der Waals surface area contributed by atoms with E-state index in [9.17, 15) is 4.79 Å². The van der Waals surface area contributed by atoms with E-state index in [-0.39, 0.29) is 11.9 Å². The maximum atomic E-state index is 11.6. The zero-order valence-electron chi connectivity index (χ0n) is 11.3. The lowest BCUT2D eigenvalue weighted by Gasteiger charge is -2.11. The summed E-state index contributed by atoms with van der Waals surface area (Å²) in [7, 11) is 0. The lowest BCUT2D eigenvalue weighted by molar-refractivity contribution is -0.121. The minimum Gasteiger partial charge on any atom is -0.356 e. The second kappa shape index (κ2) is 9.18. The number of unbranched alkanes of at least 4 members (excludes halogenated alkanes) is 2. The van der Waals surface area contributed by atoms with E-state index < -0.39 is 0 Å². The van der Waals surface area contributed by atoms with Gasteiger partial charge in [0.2, 0.25) is 5.91 Å². The molecule has 3 heteroatoms. The third-order valence-corrected chi connectivity index (χ3v) is 2.98. The molecule has 0 aliphatic heterocycles. The minimum absolute atomic E-state index is 0.0621. The molecule has 0 aliphatic rings. The molecule has 0 aromatic heterocycles. The van der Waals surface area contributed by atoms with E-state index in [1.807, 2.05) is 30.3 Å². The number of benzene rings is 1. The molecule has 1 aromatic carbocycles. The Labute approximate surface area is 115 Å². The highest BCUT2D eigenvalue weighted by atomic mass is 16.1. The standard InChI is InChI=1S/C16H22N2O/c1-2-3-4-8-13-18-16(19)12-11-15(17)14-9-6-5-7-10-14/h1,5-7,9-10,15H,3-4,8,11-13,17H2,(H,18,19). The van der Waals surface area contributed by atoms with Gasteiger partial charge in [0.25, 0.3) is 0 Å². The molecule has 0 heterocycles. The van der Waals surface area contributed by atoms with Gasteiger partial charge >= 0.3 is 0 Å². The summed E-state index contributed by atoms with van der Waals surface area (Å²) in [4.78, 5) is 11.6. The molecule has 1 aromatic rings. The normalized spacial score (nSPS) is 11.6. The highest BCUT2D eigenvalue weighted by Gasteiger charge is 2.08. The van der Waals surface area contributed by atoms with Crippen molar-refractivity contribution in [3.63, 3.8) is 0 Å². The molecule has 19 heavy (non-hydrogen) atoms. The van der Waals surface area contributed by atoms with Crippen LogP contribution >= 0.6 is 0 Å². The van der Waals surface area contributed by atoms with Gasteiger partial charge in [0.05, 0.1) is 0 Å². The molecule has 0 fully saturated rings. The van der Waals surface area contributed by atoms with Crippen LogP contribution in [-0.4, -0.2) is 12.5 Å². The quantitative estimate of drug-likeness (QED) is 0.555. The van der Waals surface area contributed by atoms with Gasteiger partial charge in [0.1, 0.15) is 0 Å². The first kappa shape index (κ1) is 15.3. The van der Waals surface area contributed by atoms with Crippen molar-refractivity contribution in [2.45, 2.75) is 38.1 Å². The number of hydrogen-bond donors (Lipinski definition) is 2. The van der Waals surface area contributed by atoms with Crippen LogP contribution in [-0.2, 0) is 4.79 Å². The Bertz CT molecular complexity index is 409. The van der Waals surface area contributed by atoms with Crippen LogP contribution in [0.25, 0.3) is 0 Å². The summed E-state index contributed by atoms with van der Waals surface area (Å²) in [6.07, 6.45) is 8.95. The smallest absolute Gasteiger partial charge is 0.220 e. The number of rotatable bonds is 8. The third kappa shape index (κ3) is 6.64. The monoisotopic (exact) mass is 258 g/mol. The highest BCUT2D eigenvalue weighted by Crippen LogP contribution is 2.14. The van der Waals surface area contributed by atoms with Crippen molar-refractivity contribution in [1.82, 2.24) is 5.32 Å². The molecule has 1 amide bonds. The molecule has 0 radical (unpaired) electrons. The van der Waals surface area contributed by atoms with Crippen molar-refractivity contribution in [3.8, 4) is 12.3 Å². The Kier molecular flexibility index (Phi) is 7.38. The number of hydrogen-bond acceptors (Lipinski definition) is 2. The second-order valence-electron chi connectivity index (χ2n) is 4.57. The van der Waals surface area contributed by atoms with E-state index in [2.05, 4.69) is 11.2 Å². The van der Waals surface area contributed by atoms with Gasteiger partial charge in [-0.05, 0) is 24.8 Å². The van der Waals surface area contributed by atoms with Crippen LogP contribution in [0.15, 0.2) is 30.3 Å². The minimum atomic E-state index is -0.0756. The molecular weight excluding hydrogens is 236 g/mol. The van der Waals surface area contributed by atoms with Crippen LogP contribution in [0.3, 0.4) is 0 Å². The lowest BCUT2D eigenvalue weighted by Crippen LogP contribution is -2.25. The molecule has 0 saturated carbocycles.